The molecule has 0 bridgehead atoms. The van der Waals surface area contributed by atoms with Crippen molar-refractivity contribution in [1.29, 1.82) is 5.26 Å². The SMILES string of the molecule is CCCCN(CCCC)c1cc(C#N)ccc1C(C)=O. The molecule has 0 N–H and O–H groups in total. The van der Waals surface area contributed by atoms with Crippen LogP contribution in [0.4, 0.5) is 5.69 Å². The third kappa shape index (κ3) is 4.38. The van der Waals surface area contributed by atoms with Crippen LogP contribution in [-0.4, -0.2) is 18.9 Å². The predicted molar refractivity (Wildman–Crippen MR) is 83.2 cm³/mol. The zero-order valence-electron chi connectivity index (χ0n) is 12.8. The van der Waals surface area contributed by atoms with Gasteiger partial charge in [0.1, 0.15) is 0 Å². The average molecular weight is 272 g/mol. The number of hydrogen-bond acceptors (Lipinski definition) is 3. The second kappa shape index (κ2) is 8.37. The number of Topliss-reactive ketones (excluding diaryl/α,β-unsaturated/α-hetero) is 1. The number of ketones is 1. The molecule has 0 atom stereocenters. The third-order valence-electron chi connectivity index (χ3n) is 3.41. The average Bonchev–Trinajstić information content (AvgIpc) is 2.46. The first-order valence-corrected chi connectivity index (χ1v) is 7.44. The summed E-state index contributed by atoms with van der Waals surface area (Å²) in [6.07, 6.45) is 4.43. The number of anilines is 1. The zero-order chi connectivity index (χ0) is 15.0. The summed E-state index contributed by atoms with van der Waals surface area (Å²) in [6, 6.07) is 7.51. The van der Waals surface area contributed by atoms with Crippen molar-refractivity contribution in [1.82, 2.24) is 0 Å². The number of hydrogen-bond donors (Lipinski definition) is 0. The van der Waals surface area contributed by atoms with Crippen molar-refractivity contribution in [3.05, 3.63) is 29.3 Å². The van der Waals surface area contributed by atoms with Gasteiger partial charge in [0, 0.05) is 24.3 Å². The van der Waals surface area contributed by atoms with Crippen molar-refractivity contribution in [2.24, 2.45) is 0 Å². The molecular weight excluding hydrogens is 248 g/mol. The monoisotopic (exact) mass is 272 g/mol. The van der Waals surface area contributed by atoms with Gasteiger partial charge in [-0.1, -0.05) is 26.7 Å². The molecule has 0 aliphatic rings. The van der Waals surface area contributed by atoms with E-state index in [0.29, 0.717) is 5.56 Å². The molecule has 0 unspecified atom stereocenters. The number of benzene rings is 1. The van der Waals surface area contributed by atoms with E-state index in [-0.39, 0.29) is 5.78 Å². The summed E-state index contributed by atoms with van der Waals surface area (Å²) in [5, 5.41) is 9.07. The van der Waals surface area contributed by atoms with Crippen molar-refractivity contribution in [2.45, 2.75) is 46.5 Å². The Kier molecular flexibility index (Phi) is 6.79. The molecule has 0 fully saturated rings. The van der Waals surface area contributed by atoms with E-state index in [0.717, 1.165) is 50.0 Å². The minimum atomic E-state index is 0.0579. The molecule has 20 heavy (non-hydrogen) atoms. The van der Waals surface area contributed by atoms with E-state index in [2.05, 4.69) is 24.8 Å². The van der Waals surface area contributed by atoms with Crippen LogP contribution in [0.1, 0.15) is 62.4 Å². The summed E-state index contributed by atoms with van der Waals surface area (Å²) in [4.78, 5) is 14.1. The molecule has 1 rings (SSSR count). The van der Waals surface area contributed by atoms with Gasteiger partial charge in [-0.3, -0.25) is 4.79 Å². The Balaban J connectivity index is 3.13. The van der Waals surface area contributed by atoms with Crippen LogP contribution in [0.5, 0.6) is 0 Å². The normalized spacial score (nSPS) is 10.1. The molecule has 3 heteroatoms. The van der Waals surface area contributed by atoms with Crippen LogP contribution in [0.25, 0.3) is 0 Å². The van der Waals surface area contributed by atoms with Crippen LogP contribution in [0, 0.1) is 11.3 Å². The molecule has 0 saturated heterocycles. The van der Waals surface area contributed by atoms with Gasteiger partial charge in [0.25, 0.3) is 0 Å². The number of carbonyl (C=O) groups is 1. The summed E-state index contributed by atoms with van der Waals surface area (Å²) < 4.78 is 0. The van der Waals surface area contributed by atoms with Gasteiger partial charge in [0.05, 0.1) is 11.6 Å². The van der Waals surface area contributed by atoms with Crippen LogP contribution in [0.2, 0.25) is 0 Å². The lowest BCUT2D eigenvalue weighted by Gasteiger charge is -2.26. The molecule has 0 aromatic heterocycles. The van der Waals surface area contributed by atoms with Crippen molar-refractivity contribution < 1.29 is 4.79 Å². The summed E-state index contributed by atoms with van der Waals surface area (Å²) >= 11 is 0. The van der Waals surface area contributed by atoms with E-state index < -0.39 is 0 Å². The minimum Gasteiger partial charge on any atom is -0.371 e. The van der Waals surface area contributed by atoms with E-state index in [1.54, 1.807) is 19.1 Å². The van der Waals surface area contributed by atoms with Crippen molar-refractivity contribution in [2.75, 3.05) is 18.0 Å². The van der Waals surface area contributed by atoms with E-state index >= 15 is 0 Å². The second-order valence-corrected chi connectivity index (χ2v) is 5.09. The third-order valence-corrected chi connectivity index (χ3v) is 3.41. The fourth-order valence-electron chi connectivity index (χ4n) is 2.21. The first kappa shape index (κ1) is 16.2. The number of rotatable bonds is 8. The van der Waals surface area contributed by atoms with Gasteiger partial charge >= 0.3 is 0 Å². The highest BCUT2D eigenvalue weighted by molar-refractivity contribution is 6.00. The number of carbonyl (C=O) groups excluding carboxylic acids is 1. The van der Waals surface area contributed by atoms with Crippen LogP contribution in [-0.2, 0) is 0 Å². The van der Waals surface area contributed by atoms with E-state index in [4.69, 9.17) is 5.26 Å². The smallest absolute Gasteiger partial charge is 0.161 e. The largest absolute Gasteiger partial charge is 0.371 e. The quantitative estimate of drug-likeness (QED) is 0.667. The molecule has 0 spiro atoms. The summed E-state index contributed by atoms with van der Waals surface area (Å²) in [6.45, 7) is 7.78. The molecular formula is C17H24N2O. The van der Waals surface area contributed by atoms with Gasteiger partial charge in [-0.2, -0.15) is 5.26 Å². The molecule has 108 valence electrons. The fourth-order valence-corrected chi connectivity index (χ4v) is 2.21. The second-order valence-electron chi connectivity index (χ2n) is 5.09. The lowest BCUT2D eigenvalue weighted by atomic mass is 10.0. The van der Waals surface area contributed by atoms with Crippen LogP contribution < -0.4 is 4.90 Å². The Morgan fingerprint density at radius 2 is 1.80 bits per heavy atom. The lowest BCUT2D eigenvalue weighted by molar-refractivity contribution is 0.101. The Hall–Kier alpha value is -1.82. The summed E-state index contributed by atoms with van der Waals surface area (Å²) in [5.74, 6) is 0.0579. The van der Waals surface area contributed by atoms with Gasteiger partial charge in [-0.25, -0.2) is 0 Å². The summed E-state index contributed by atoms with van der Waals surface area (Å²) in [5.41, 5.74) is 2.25. The molecule has 0 aliphatic heterocycles. The molecule has 0 aliphatic carbocycles. The van der Waals surface area contributed by atoms with E-state index in [9.17, 15) is 4.79 Å². The maximum Gasteiger partial charge on any atom is 0.161 e. The highest BCUT2D eigenvalue weighted by Crippen LogP contribution is 2.24. The Morgan fingerprint density at radius 1 is 1.20 bits per heavy atom. The molecule has 1 aromatic carbocycles. The highest BCUT2D eigenvalue weighted by atomic mass is 16.1. The Morgan fingerprint density at radius 3 is 2.25 bits per heavy atom. The summed E-state index contributed by atoms with van der Waals surface area (Å²) in [7, 11) is 0. The number of nitrogens with zero attached hydrogens (tertiary/aromatic N) is 2. The molecule has 1 aromatic rings. The van der Waals surface area contributed by atoms with Crippen LogP contribution in [0.3, 0.4) is 0 Å². The molecule has 0 amide bonds. The van der Waals surface area contributed by atoms with Crippen molar-refractivity contribution >= 4 is 11.5 Å². The first-order valence-electron chi connectivity index (χ1n) is 7.44. The van der Waals surface area contributed by atoms with Crippen molar-refractivity contribution in [3.8, 4) is 6.07 Å². The van der Waals surface area contributed by atoms with Crippen LogP contribution >= 0.6 is 0 Å². The first-order chi connectivity index (χ1) is 9.63. The molecule has 0 radical (unpaired) electrons. The Labute approximate surface area is 122 Å². The molecule has 3 nitrogen and oxygen atoms in total. The van der Waals surface area contributed by atoms with Crippen LogP contribution in [0.15, 0.2) is 18.2 Å². The highest BCUT2D eigenvalue weighted by Gasteiger charge is 2.14. The maximum atomic E-state index is 11.8. The predicted octanol–water partition coefficient (Wildman–Crippen LogP) is 4.17. The number of nitriles is 1. The van der Waals surface area contributed by atoms with Gasteiger partial charge < -0.3 is 4.90 Å². The molecule has 0 heterocycles. The zero-order valence-corrected chi connectivity index (χ0v) is 12.8. The van der Waals surface area contributed by atoms with Crippen molar-refractivity contribution in [3.63, 3.8) is 0 Å². The van der Waals surface area contributed by atoms with E-state index in [1.165, 1.54) is 0 Å². The Bertz CT molecular complexity index is 480. The number of unbranched alkanes of at least 4 members (excludes halogenated alkanes) is 2. The van der Waals surface area contributed by atoms with Gasteiger partial charge in [0.2, 0.25) is 0 Å². The van der Waals surface area contributed by atoms with Gasteiger partial charge in [0.15, 0.2) is 5.78 Å². The lowest BCUT2D eigenvalue weighted by Crippen LogP contribution is -2.27. The fraction of sp³-hybridized carbons (Fsp3) is 0.529. The van der Waals surface area contributed by atoms with Gasteiger partial charge in [-0.05, 0) is 38.0 Å². The maximum absolute atomic E-state index is 11.8. The van der Waals surface area contributed by atoms with Gasteiger partial charge in [-0.15, -0.1) is 0 Å². The minimum absolute atomic E-state index is 0.0579. The topological polar surface area (TPSA) is 44.1 Å². The molecule has 0 saturated carbocycles. The standard InChI is InChI=1S/C17H24N2O/c1-4-6-10-19(11-7-5-2)17-12-15(13-18)8-9-16(17)14(3)20/h8-9,12H,4-7,10-11H2,1-3H3. The van der Waals surface area contributed by atoms with E-state index in [1.807, 2.05) is 6.07 Å².